The summed E-state index contributed by atoms with van der Waals surface area (Å²) in [4.78, 5) is 4.71. The number of aromatic nitrogens is 3. The van der Waals surface area contributed by atoms with Crippen molar-refractivity contribution in [2.24, 2.45) is 12.0 Å². The SMILES string of the molecule is CCOCCCNC(=NCc1cc(OC)c(OC)c(OC)c1)NCc1nnc(C)n1C. The van der Waals surface area contributed by atoms with Gasteiger partial charge in [-0.1, -0.05) is 0 Å². The van der Waals surface area contributed by atoms with E-state index in [1.165, 1.54) is 0 Å². The molecule has 0 aliphatic heterocycles. The van der Waals surface area contributed by atoms with Crippen LogP contribution in [0.3, 0.4) is 0 Å². The van der Waals surface area contributed by atoms with E-state index in [1.54, 1.807) is 21.3 Å². The van der Waals surface area contributed by atoms with Gasteiger partial charge in [-0.05, 0) is 38.0 Å². The predicted molar refractivity (Wildman–Crippen MR) is 119 cm³/mol. The first-order chi connectivity index (χ1) is 15.0. The van der Waals surface area contributed by atoms with Gasteiger partial charge in [0.1, 0.15) is 5.82 Å². The Morgan fingerprint density at radius 1 is 1.06 bits per heavy atom. The number of aliphatic imine (C=N–C) groups is 1. The fourth-order valence-corrected chi connectivity index (χ4v) is 2.86. The van der Waals surface area contributed by atoms with E-state index in [0.29, 0.717) is 49.5 Å². The van der Waals surface area contributed by atoms with Gasteiger partial charge in [0, 0.05) is 26.8 Å². The summed E-state index contributed by atoms with van der Waals surface area (Å²) in [6.45, 7) is 6.99. The highest BCUT2D eigenvalue weighted by Gasteiger charge is 2.13. The first kappa shape index (κ1) is 24.3. The lowest BCUT2D eigenvalue weighted by Gasteiger charge is -2.15. The second kappa shape index (κ2) is 12.6. The van der Waals surface area contributed by atoms with Crippen molar-refractivity contribution in [3.8, 4) is 17.2 Å². The van der Waals surface area contributed by atoms with Crippen molar-refractivity contribution in [1.29, 1.82) is 0 Å². The van der Waals surface area contributed by atoms with Gasteiger partial charge in [-0.25, -0.2) is 4.99 Å². The zero-order valence-electron chi connectivity index (χ0n) is 19.3. The molecule has 0 fully saturated rings. The van der Waals surface area contributed by atoms with E-state index in [1.807, 2.05) is 37.6 Å². The highest BCUT2D eigenvalue weighted by molar-refractivity contribution is 5.79. The van der Waals surface area contributed by atoms with Crippen LogP contribution < -0.4 is 24.8 Å². The maximum Gasteiger partial charge on any atom is 0.203 e. The monoisotopic (exact) mass is 434 g/mol. The Labute approximate surface area is 184 Å². The third kappa shape index (κ3) is 7.02. The second-order valence-electron chi connectivity index (χ2n) is 6.75. The van der Waals surface area contributed by atoms with Crippen molar-refractivity contribution in [1.82, 2.24) is 25.4 Å². The van der Waals surface area contributed by atoms with Crippen molar-refractivity contribution in [2.75, 3.05) is 41.1 Å². The van der Waals surface area contributed by atoms with Gasteiger partial charge in [0.05, 0.1) is 34.4 Å². The lowest BCUT2D eigenvalue weighted by Crippen LogP contribution is -2.38. The van der Waals surface area contributed by atoms with Gasteiger partial charge >= 0.3 is 0 Å². The molecule has 0 unspecified atom stereocenters. The topological polar surface area (TPSA) is 104 Å². The largest absolute Gasteiger partial charge is 0.493 e. The van der Waals surface area contributed by atoms with Crippen molar-refractivity contribution >= 4 is 5.96 Å². The number of hydrogen-bond donors (Lipinski definition) is 2. The zero-order chi connectivity index (χ0) is 22.6. The number of ether oxygens (including phenoxy) is 4. The molecule has 1 heterocycles. The summed E-state index contributed by atoms with van der Waals surface area (Å²) in [6, 6.07) is 3.78. The number of nitrogens with zero attached hydrogens (tertiary/aromatic N) is 4. The number of benzene rings is 1. The van der Waals surface area contributed by atoms with Gasteiger partial charge in [-0.15, -0.1) is 10.2 Å². The number of rotatable bonds is 12. The summed E-state index contributed by atoms with van der Waals surface area (Å²) in [7, 11) is 6.72. The third-order valence-corrected chi connectivity index (χ3v) is 4.70. The summed E-state index contributed by atoms with van der Waals surface area (Å²) in [6.07, 6.45) is 0.877. The Hall–Kier alpha value is -3.01. The summed E-state index contributed by atoms with van der Waals surface area (Å²) in [5, 5.41) is 14.9. The van der Waals surface area contributed by atoms with Crippen LogP contribution in [0, 0.1) is 6.92 Å². The van der Waals surface area contributed by atoms with Crippen LogP contribution >= 0.6 is 0 Å². The van der Waals surface area contributed by atoms with Crippen LogP contribution in [-0.4, -0.2) is 61.8 Å². The number of nitrogens with one attached hydrogen (secondary N) is 2. The molecule has 0 radical (unpaired) electrons. The summed E-state index contributed by atoms with van der Waals surface area (Å²) < 4.78 is 23.6. The average Bonchev–Trinajstić information content (AvgIpc) is 3.11. The smallest absolute Gasteiger partial charge is 0.203 e. The minimum absolute atomic E-state index is 0.426. The predicted octanol–water partition coefficient (Wildman–Crippen LogP) is 1.81. The average molecular weight is 435 g/mol. The first-order valence-corrected chi connectivity index (χ1v) is 10.3. The Kier molecular flexibility index (Phi) is 9.89. The van der Waals surface area contributed by atoms with Crippen LogP contribution in [0.15, 0.2) is 17.1 Å². The van der Waals surface area contributed by atoms with Gasteiger partial charge < -0.3 is 34.1 Å². The highest BCUT2D eigenvalue weighted by atomic mass is 16.5. The number of hydrogen-bond acceptors (Lipinski definition) is 7. The maximum atomic E-state index is 5.43. The van der Waals surface area contributed by atoms with E-state index >= 15 is 0 Å². The van der Waals surface area contributed by atoms with Crippen LogP contribution in [0.2, 0.25) is 0 Å². The molecule has 31 heavy (non-hydrogen) atoms. The van der Waals surface area contributed by atoms with Gasteiger partial charge in [0.15, 0.2) is 23.3 Å². The van der Waals surface area contributed by atoms with E-state index < -0.39 is 0 Å². The van der Waals surface area contributed by atoms with E-state index in [9.17, 15) is 0 Å². The van der Waals surface area contributed by atoms with E-state index in [0.717, 1.165) is 30.2 Å². The summed E-state index contributed by atoms with van der Waals surface area (Å²) in [5.74, 6) is 4.11. The van der Waals surface area contributed by atoms with Crippen LogP contribution in [0.4, 0.5) is 0 Å². The van der Waals surface area contributed by atoms with Crippen LogP contribution in [0.5, 0.6) is 17.2 Å². The third-order valence-electron chi connectivity index (χ3n) is 4.70. The molecule has 0 saturated carbocycles. The maximum absolute atomic E-state index is 5.43. The fraction of sp³-hybridized carbons (Fsp3) is 0.571. The number of methoxy groups -OCH3 is 3. The molecule has 0 aliphatic rings. The molecule has 2 rings (SSSR count). The Bertz CT molecular complexity index is 827. The molecule has 0 atom stereocenters. The Morgan fingerprint density at radius 2 is 1.77 bits per heavy atom. The van der Waals surface area contributed by atoms with Gasteiger partial charge in [0.2, 0.25) is 5.75 Å². The normalized spacial score (nSPS) is 11.4. The molecule has 0 saturated heterocycles. The molecule has 2 aromatic rings. The van der Waals surface area contributed by atoms with Crippen LogP contribution in [-0.2, 0) is 24.9 Å². The lowest BCUT2D eigenvalue weighted by atomic mass is 10.2. The molecule has 0 amide bonds. The van der Waals surface area contributed by atoms with E-state index in [-0.39, 0.29) is 0 Å². The van der Waals surface area contributed by atoms with Gasteiger partial charge in [-0.2, -0.15) is 0 Å². The quantitative estimate of drug-likeness (QED) is 0.296. The number of aryl methyl sites for hydroxylation is 1. The molecule has 10 heteroatoms. The van der Waals surface area contributed by atoms with Crippen LogP contribution in [0.25, 0.3) is 0 Å². The molecule has 172 valence electrons. The summed E-state index contributed by atoms with van der Waals surface area (Å²) in [5.41, 5.74) is 0.930. The lowest BCUT2D eigenvalue weighted by molar-refractivity contribution is 0.145. The highest BCUT2D eigenvalue weighted by Crippen LogP contribution is 2.38. The Balaban J connectivity index is 2.12. The van der Waals surface area contributed by atoms with Crippen LogP contribution in [0.1, 0.15) is 30.6 Å². The molecule has 0 bridgehead atoms. The van der Waals surface area contributed by atoms with Crippen molar-refractivity contribution in [2.45, 2.75) is 33.4 Å². The van der Waals surface area contributed by atoms with E-state index in [4.69, 9.17) is 23.9 Å². The fourth-order valence-electron chi connectivity index (χ4n) is 2.86. The van der Waals surface area contributed by atoms with Crippen molar-refractivity contribution < 1.29 is 18.9 Å². The number of guanidine groups is 1. The molecular weight excluding hydrogens is 400 g/mol. The Morgan fingerprint density at radius 3 is 2.32 bits per heavy atom. The van der Waals surface area contributed by atoms with Gasteiger partial charge in [-0.3, -0.25) is 0 Å². The molecule has 2 N–H and O–H groups in total. The zero-order valence-corrected chi connectivity index (χ0v) is 19.3. The van der Waals surface area contributed by atoms with Gasteiger partial charge in [0.25, 0.3) is 0 Å². The molecule has 1 aromatic carbocycles. The summed E-state index contributed by atoms with van der Waals surface area (Å²) >= 11 is 0. The molecule has 0 aliphatic carbocycles. The molecular formula is C21H34N6O4. The van der Waals surface area contributed by atoms with E-state index in [2.05, 4.69) is 20.8 Å². The second-order valence-corrected chi connectivity index (χ2v) is 6.75. The minimum Gasteiger partial charge on any atom is -0.493 e. The molecule has 0 spiro atoms. The molecule has 10 nitrogen and oxygen atoms in total. The minimum atomic E-state index is 0.426. The van der Waals surface area contributed by atoms with Crippen molar-refractivity contribution in [3.63, 3.8) is 0 Å². The first-order valence-electron chi connectivity index (χ1n) is 10.3. The standard InChI is InChI=1S/C21H34N6O4/c1-7-31-10-8-9-22-21(24-14-19-26-25-15(2)27(19)3)23-13-16-11-17(28-4)20(30-6)18(12-16)29-5/h11-12H,7-10,13-14H2,1-6H3,(H2,22,23,24). The van der Waals surface area contributed by atoms with Crippen molar-refractivity contribution in [3.05, 3.63) is 29.3 Å². The molecule has 1 aromatic heterocycles.